The highest BCUT2D eigenvalue weighted by molar-refractivity contribution is 7.87. The van der Waals surface area contributed by atoms with E-state index in [0.717, 1.165) is 25.9 Å². The minimum atomic E-state index is -4.73. The average Bonchev–Trinajstić information content (AvgIpc) is 3.43. The number of amides is 2. The summed E-state index contributed by atoms with van der Waals surface area (Å²) in [5.41, 5.74) is 1.11. The van der Waals surface area contributed by atoms with Gasteiger partial charge >= 0.3 is 16.2 Å². The molecule has 0 aliphatic carbocycles. The van der Waals surface area contributed by atoms with Crippen molar-refractivity contribution in [3.63, 3.8) is 0 Å². The second kappa shape index (κ2) is 14.4. The lowest BCUT2D eigenvalue weighted by molar-refractivity contribution is -0.120. The van der Waals surface area contributed by atoms with E-state index in [0.29, 0.717) is 35.1 Å². The molecule has 2 aromatic carbocycles. The fourth-order valence-electron chi connectivity index (χ4n) is 7.18. The van der Waals surface area contributed by atoms with Gasteiger partial charge in [0.05, 0.1) is 45.4 Å². The third kappa shape index (κ3) is 6.74. The Hall–Kier alpha value is -4.11. The Morgan fingerprint density at radius 3 is 2.49 bits per heavy atom. The summed E-state index contributed by atoms with van der Waals surface area (Å²) in [4.78, 5) is 38.2. The summed E-state index contributed by atoms with van der Waals surface area (Å²) in [6.45, 7) is 3.69. The third-order valence-electron chi connectivity index (χ3n) is 9.42. The summed E-state index contributed by atoms with van der Waals surface area (Å²) in [5.74, 6) is -0.636. The number of carbonyl (C=O) groups is 2. The molecule has 2 fully saturated rings. The van der Waals surface area contributed by atoms with Gasteiger partial charge in [0, 0.05) is 29.6 Å². The molecule has 0 bridgehead atoms. The van der Waals surface area contributed by atoms with Gasteiger partial charge in [-0.25, -0.2) is 9.78 Å². The van der Waals surface area contributed by atoms with Crippen molar-refractivity contribution in [2.75, 3.05) is 52.8 Å². The van der Waals surface area contributed by atoms with Crippen LogP contribution >= 0.6 is 11.6 Å². The highest BCUT2D eigenvalue weighted by atomic mass is 35.5. The highest BCUT2D eigenvalue weighted by Crippen LogP contribution is 2.49. The Morgan fingerprint density at radius 1 is 1.04 bits per heavy atom. The monoisotopic (exact) mass is 713 g/mol. The van der Waals surface area contributed by atoms with Crippen molar-refractivity contribution in [3.8, 4) is 17.4 Å². The fraction of sp³-hybridized carbons (Fsp3) is 0.441. The largest absolute Gasteiger partial charge is 0.497 e. The maximum absolute atomic E-state index is 14.4. The molecule has 2 saturated heterocycles. The molecule has 4 heterocycles. The quantitative estimate of drug-likeness (QED) is 0.191. The second-order valence-electron chi connectivity index (χ2n) is 12.2. The van der Waals surface area contributed by atoms with E-state index < -0.39 is 39.7 Å². The molecule has 1 N–H and O–H groups in total. The number of methoxy groups -OCH3 is 2. The number of halogens is 1. The molecule has 3 aromatic rings. The molecule has 0 radical (unpaired) electrons. The fourth-order valence-corrected chi connectivity index (χ4v) is 8.60. The second-order valence-corrected chi connectivity index (χ2v) is 14.2. The van der Waals surface area contributed by atoms with E-state index in [1.807, 2.05) is 31.2 Å². The van der Waals surface area contributed by atoms with Crippen LogP contribution in [0.5, 0.6) is 17.4 Å². The van der Waals surface area contributed by atoms with Crippen LogP contribution in [-0.4, -0.2) is 105 Å². The van der Waals surface area contributed by atoms with Gasteiger partial charge in [-0.15, -0.1) is 11.6 Å². The molecular formula is C34H40ClN5O8S. The molecule has 0 saturated carbocycles. The number of ether oxygens (including phenoxy) is 3. The Bertz CT molecular complexity index is 1800. The number of para-hydroxylation sites is 1. The van der Waals surface area contributed by atoms with Crippen molar-refractivity contribution in [3.05, 3.63) is 71.9 Å². The van der Waals surface area contributed by atoms with Gasteiger partial charge in [-0.05, 0) is 69.7 Å². The lowest BCUT2D eigenvalue weighted by atomic mass is 9.80. The standard InChI is InChI=1S/C34H40ClN5O8S/c1-5-47-33-24(10-8-16-36-33)30-31(29-23-9-6-7-11-25(23)37-32(29)41)39(20-28(35)40(30)21-14-17-38(2)18-15-21)34(42)48-49(43,44)27-13-12-22(45-3)19-26(27)46-4/h6-13,16,19,21,28-31H,5,14-15,17-18,20H2,1-4H3,(H,37,41). The molecule has 49 heavy (non-hydrogen) atoms. The predicted octanol–water partition coefficient (Wildman–Crippen LogP) is 4.45. The van der Waals surface area contributed by atoms with Gasteiger partial charge in [-0.3, -0.25) is 14.6 Å². The molecule has 3 aliphatic rings. The Kier molecular flexibility index (Phi) is 10.2. The molecule has 4 atom stereocenters. The predicted molar refractivity (Wildman–Crippen MR) is 182 cm³/mol. The van der Waals surface area contributed by atoms with E-state index in [4.69, 9.17) is 30.0 Å². The Labute approximate surface area is 291 Å². The Balaban J connectivity index is 1.50. The van der Waals surface area contributed by atoms with Crippen LogP contribution in [0.4, 0.5) is 10.5 Å². The van der Waals surface area contributed by atoms with E-state index >= 15 is 0 Å². The maximum atomic E-state index is 14.4. The van der Waals surface area contributed by atoms with E-state index in [-0.39, 0.29) is 29.1 Å². The first kappa shape index (κ1) is 34.7. The Morgan fingerprint density at radius 2 is 1.78 bits per heavy atom. The molecular weight excluding hydrogens is 674 g/mol. The number of likely N-dealkylation sites (tertiary alicyclic amines) is 1. The molecule has 2 amide bonds. The molecule has 0 spiro atoms. The molecule has 6 rings (SSSR count). The van der Waals surface area contributed by atoms with Gasteiger partial charge in [-0.2, -0.15) is 8.42 Å². The van der Waals surface area contributed by atoms with Crippen molar-refractivity contribution in [2.24, 2.45) is 0 Å². The van der Waals surface area contributed by atoms with Crippen LogP contribution in [0.1, 0.15) is 42.9 Å². The summed E-state index contributed by atoms with van der Waals surface area (Å²) < 4.78 is 49.3. The zero-order valence-corrected chi connectivity index (χ0v) is 29.3. The van der Waals surface area contributed by atoms with Crippen LogP contribution in [-0.2, 0) is 19.1 Å². The van der Waals surface area contributed by atoms with Crippen LogP contribution < -0.4 is 19.5 Å². The number of hydrogen-bond donors (Lipinski definition) is 1. The van der Waals surface area contributed by atoms with Crippen LogP contribution in [0.2, 0.25) is 0 Å². The normalized spacial score (nSPS) is 23.4. The number of piperazine rings is 1. The van der Waals surface area contributed by atoms with Crippen molar-refractivity contribution in [2.45, 2.75) is 54.2 Å². The topological polar surface area (TPSA) is 140 Å². The van der Waals surface area contributed by atoms with E-state index in [1.165, 1.54) is 37.3 Å². The minimum Gasteiger partial charge on any atom is -0.497 e. The number of nitrogens with one attached hydrogen (secondary N) is 1. The first-order chi connectivity index (χ1) is 23.6. The summed E-state index contributed by atoms with van der Waals surface area (Å²) in [6, 6.07) is 13.2. The third-order valence-corrected chi connectivity index (χ3v) is 11.0. The van der Waals surface area contributed by atoms with Gasteiger partial charge in [0.2, 0.25) is 11.8 Å². The van der Waals surface area contributed by atoms with Gasteiger partial charge in [0.25, 0.3) is 0 Å². The number of aromatic nitrogens is 1. The van der Waals surface area contributed by atoms with Gasteiger partial charge < -0.3 is 28.6 Å². The number of fused-ring (bicyclic) bond motifs is 1. The van der Waals surface area contributed by atoms with Gasteiger partial charge in [0.15, 0.2) is 0 Å². The molecule has 262 valence electrons. The SMILES string of the molecule is CCOc1ncccc1C1C(C2C(=O)Nc3ccccc32)N(C(=O)OS(=O)(=O)c2ccc(OC)cc2OC)CC(Cl)N1C1CCN(C)CC1. The zero-order chi connectivity index (χ0) is 34.9. The van der Waals surface area contributed by atoms with E-state index in [9.17, 15) is 18.0 Å². The van der Waals surface area contributed by atoms with Crippen molar-refractivity contribution in [1.29, 1.82) is 0 Å². The summed E-state index contributed by atoms with van der Waals surface area (Å²) in [5, 5.41) is 2.96. The number of benzene rings is 2. The number of rotatable bonds is 9. The lowest BCUT2D eigenvalue weighted by Gasteiger charge is -2.54. The highest BCUT2D eigenvalue weighted by Gasteiger charge is 2.55. The first-order valence-corrected chi connectivity index (χ1v) is 18.0. The van der Waals surface area contributed by atoms with Crippen LogP contribution in [0.25, 0.3) is 0 Å². The van der Waals surface area contributed by atoms with Crippen LogP contribution in [0.3, 0.4) is 0 Å². The van der Waals surface area contributed by atoms with Crippen molar-refractivity contribution in [1.82, 2.24) is 19.7 Å². The number of nitrogens with zero attached hydrogens (tertiary/aromatic N) is 4. The number of carbonyl (C=O) groups excluding carboxylic acids is 2. The number of piperidine rings is 1. The van der Waals surface area contributed by atoms with Crippen LogP contribution in [0.15, 0.2) is 65.7 Å². The number of anilines is 1. The molecule has 1 aromatic heterocycles. The van der Waals surface area contributed by atoms with Crippen molar-refractivity contribution >= 4 is 39.4 Å². The molecule has 15 heteroatoms. The maximum Gasteiger partial charge on any atom is 0.426 e. The summed E-state index contributed by atoms with van der Waals surface area (Å²) >= 11 is 7.26. The van der Waals surface area contributed by atoms with Crippen LogP contribution in [0, 0.1) is 0 Å². The molecule has 4 unspecified atom stereocenters. The summed E-state index contributed by atoms with van der Waals surface area (Å²) in [6.07, 6.45) is 2.01. The average molecular weight is 714 g/mol. The first-order valence-electron chi connectivity index (χ1n) is 16.1. The number of hydrogen-bond acceptors (Lipinski definition) is 11. The van der Waals surface area contributed by atoms with E-state index in [2.05, 4.69) is 27.1 Å². The smallest absolute Gasteiger partial charge is 0.426 e. The summed E-state index contributed by atoms with van der Waals surface area (Å²) in [7, 11) is 0.0754. The van der Waals surface area contributed by atoms with Crippen molar-refractivity contribution < 1.29 is 36.4 Å². The zero-order valence-electron chi connectivity index (χ0n) is 27.7. The molecule has 13 nitrogen and oxygen atoms in total. The van der Waals surface area contributed by atoms with Gasteiger partial charge in [-0.1, -0.05) is 24.3 Å². The lowest BCUT2D eigenvalue weighted by Crippen LogP contribution is -2.65. The van der Waals surface area contributed by atoms with E-state index in [1.54, 1.807) is 18.3 Å². The molecule has 3 aliphatic heterocycles. The number of alkyl halides is 1. The van der Waals surface area contributed by atoms with Gasteiger partial charge in [0.1, 0.15) is 21.9 Å². The number of pyridine rings is 1. The minimum absolute atomic E-state index is 0.0222.